The van der Waals surface area contributed by atoms with Gasteiger partial charge in [-0.3, -0.25) is 14.4 Å². The van der Waals surface area contributed by atoms with E-state index >= 15 is 0 Å². The lowest BCUT2D eigenvalue weighted by atomic mass is 9.78. The van der Waals surface area contributed by atoms with Gasteiger partial charge in [-0.15, -0.1) is 0 Å². The van der Waals surface area contributed by atoms with Crippen molar-refractivity contribution in [1.29, 1.82) is 0 Å². The molecule has 0 unspecified atom stereocenters. The van der Waals surface area contributed by atoms with Gasteiger partial charge in [0.15, 0.2) is 0 Å². The second kappa shape index (κ2) is 16.0. The van der Waals surface area contributed by atoms with Gasteiger partial charge in [-0.2, -0.15) is 0 Å². The van der Waals surface area contributed by atoms with Crippen molar-refractivity contribution in [2.75, 3.05) is 31.8 Å². The second-order valence-electron chi connectivity index (χ2n) is 15.0. The van der Waals surface area contributed by atoms with Crippen LogP contribution >= 0.6 is 23.2 Å². The first kappa shape index (κ1) is 41.2. The zero-order chi connectivity index (χ0) is 39.9. The molecule has 0 saturated carbocycles. The number of carbonyl (C=O) groups excluding carboxylic acids is 4. The molecule has 12 nitrogen and oxygen atoms in total. The molecule has 2 saturated heterocycles. The van der Waals surface area contributed by atoms with Crippen LogP contribution in [0.2, 0.25) is 10.0 Å². The molecule has 0 aromatic heterocycles. The number of rotatable bonds is 5. The molecular weight excluding hydrogens is 737 g/mol. The summed E-state index contributed by atoms with van der Waals surface area (Å²) in [6.07, 6.45) is 2.00. The van der Waals surface area contributed by atoms with E-state index in [0.29, 0.717) is 22.8 Å². The summed E-state index contributed by atoms with van der Waals surface area (Å²) >= 11 is 13.1. The third-order valence-corrected chi connectivity index (χ3v) is 11.7. The van der Waals surface area contributed by atoms with E-state index in [1.54, 1.807) is 26.1 Å². The quantitative estimate of drug-likeness (QED) is 0.222. The number of allylic oxidation sites excluding steroid dienone is 3. The van der Waals surface area contributed by atoms with Crippen LogP contribution in [0.4, 0.5) is 11.4 Å². The molecule has 292 valence electrons. The number of hydrogen-bond acceptors (Lipinski definition) is 10. The number of hydrogen-bond donors (Lipinski definition) is 2. The fourth-order valence-corrected chi connectivity index (χ4v) is 7.87. The predicted octanol–water partition coefficient (Wildman–Crippen LogP) is 5.61. The molecule has 0 aliphatic carbocycles. The van der Waals surface area contributed by atoms with E-state index in [1.807, 2.05) is 39.0 Å². The van der Waals surface area contributed by atoms with Crippen LogP contribution in [0.25, 0.3) is 0 Å². The van der Waals surface area contributed by atoms with Crippen LogP contribution in [0.1, 0.15) is 68.4 Å². The Morgan fingerprint density at radius 2 is 1.87 bits per heavy atom. The van der Waals surface area contributed by atoms with Crippen molar-refractivity contribution in [3.63, 3.8) is 0 Å². The number of benzene rings is 2. The summed E-state index contributed by atoms with van der Waals surface area (Å²) in [6, 6.07) is 7.15. The fraction of sp³-hybridized carbons (Fsp3) is 0.500. The molecule has 2 aromatic carbocycles. The normalized spacial score (nSPS) is 31.0. The van der Waals surface area contributed by atoms with E-state index in [1.165, 1.54) is 49.1 Å². The first-order valence-electron chi connectivity index (χ1n) is 17.8. The average Bonchev–Trinajstić information content (AvgIpc) is 3.80. The van der Waals surface area contributed by atoms with Crippen LogP contribution in [0.15, 0.2) is 54.1 Å². The topological polar surface area (TPSA) is 161 Å². The van der Waals surface area contributed by atoms with E-state index in [9.17, 15) is 24.3 Å². The summed E-state index contributed by atoms with van der Waals surface area (Å²) in [4.78, 5) is 57.0. The molecule has 8 atom stereocenters. The van der Waals surface area contributed by atoms with Gasteiger partial charge in [0.1, 0.15) is 35.6 Å². The average molecular weight is 787 g/mol. The number of aryl methyl sites for hydroxylation is 1. The van der Waals surface area contributed by atoms with Crippen molar-refractivity contribution in [2.45, 2.75) is 102 Å². The molecule has 2 aromatic rings. The lowest BCUT2D eigenvalue weighted by Crippen LogP contribution is -2.53. The molecule has 0 radical (unpaired) electrons. The molecule has 3 heterocycles. The maximum Gasteiger partial charge on any atom is 0.328 e. The zero-order valence-corrected chi connectivity index (χ0v) is 33.4. The second-order valence-corrected chi connectivity index (χ2v) is 15.8. The van der Waals surface area contributed by atoms with Gasteiger partial charge in [0.2, 0.25) is 5.91 Å². The van der Waals surface area contributed by atoms with Gasteiger partial charge >= 0.3 is 11.9 Å². The Bertz CT molecular complexity index is 1880. The number of carbonyl (C=O) groups is 4. The highest BCUT2D eigenvalue weighted by Crippen LogP contribution is 2.49. The van der Waals surface area contributed by atoms with E-state index in [4.69, 9.17) is 47.9 Å². The number of likely N-dealkylation sites (N-methyl/N-ethyl adjacent to an activating group) is 1. The number of aliphatic hydroxyl groups is 1. The third kappa shape index (κ3) is 8.48. The summed E-state index contributed by atoms with van der Waals surface area (Å²) < 4.78 is 23.9. The summed E-state index contributed by atoms with van der Waals surface area (Å²) in [5, 5.41) is 12.4. The number of methoxy groups -OCH3 is 1. The van der Waals surface area contributed by atoms with Crippen molar-refractivity contribution in [2.24, 2.45) is 5.92 Å². The number of halogens is 2. The first-order chi connectivity index (χ1) is 25.3. The predicted molar refractivity (Wildman–Crippen MR) is 205 cm³/mol. The smallest absolute Gasteiger partial charge is 0.328 e. The number of ether oxygens (including phenoxy) is 4. The van der Waals surface area contributed by atoms with E-state index < -0.39 is 71.3 Å². The molecule has 54 heavy (non-hydrogen) atoms. The fourth-order valence-electron chi connectivity index (χ4n) is 7.36. The molecule has 3 aliphatic heterocycles. The molecule has 3 N–H and O–H groups in total. The molecule has 2 amide bonds. The monoisotopic (exact) mass is 785 g/mol. The SMILES string of the molecule is CO[C@@H]1/C=C/C=C(\C)Cc2cc(C)c(Cl)c(c2)N(C)C(=O)C[C@H](OC(=O)[C@H](C)N(C)C(=O)c2ccc(N)cc2Cl)[C@]2(C)O[C@H]2[C@H](C)[C@@H]2C[C@@]1(O)CC(=O)O2. The summed E-state index contributed by atoms with van der Waals surface area (Å²) in [5.74, 6) is -2.83. The molecule has 2 fully saturated rings. The van der Waals surface area contributed by atoms with Gasteiger partial charge in [-0.25, -0.2) is 4.79 Å². The Hall–Kier alpha value is -3.94. The van der Waals surface area contributed by atoms with E-state index in [-0.39, 0.29) is 29.8 Å². The van der Waals surface area contributed by atoms with Gasteiger partial charge in [0, 0.05) is 39.2 Å². The zero-order valence-electron chi connectivity index (χ0n) is 31.9. The number of nitrogens with two attached hydrogens (primary N) is 1. The van der Waals surface area contributed by atoms with Gasteiger partial charge in [0.25, 0.3) is 5.91 Å². The summed E-state index contributed by atoms with van der Waals surface area (Å²) in [7, 11) is 4.52. The van der Waals surface area contributed by atoms with Gasteiger partial charge < -0.3 is 39.6 Å². The Kier molecular flexibility index (Phi) is 12.2. The molecule has 4 bridgehead atoms. The van der Waals surface area contributed by atoms with Crippen LogP contribution in [-0.4, -0.2) is 96.6 Å². The number of anilines is 2. The number of esters is 2. The first-order valence-corrected chi connectivity index (χ1v) is 18.6. The molecule has 0 spiro atoms. The Morgan fingerprint density at radius 1 is 1.17 bits per heavy atom. The highest BCUT2D eigenvalue weighted by molar-refractivity contribution is 6.35. The van der Waals surface area contributed by atoms with Crippen LogP contribution in [0.5, 0.6) is 0 Å². The maximum absolute atomic E-state index is 14.1. The van der Waals surface area contributed by atoms with Gasteiger partial charge in [-0.1, -0.05) is 60.0 Å². The molecule has 14 heteroatoms. The molecular formula is C40H49Cl2N3O9. The highest BCUT2D eigenvalue weighted by Gasteiger charge is 2.64. The summed E-state index contributed by atoms with van der Waals surface area (Å²) in [6.45, 7) is 8.86. The minimum atomic E-state index is -1.58. The van der Waals surface area contributed by atoms with Crippen LogP contribution in [0, 0.1) is 12.8 Å². The largest absolute Gasteiger partial charge is 0.462 e. The molecule has 3 aliphatic rings. The van der Waals surface area contributed by atoms with Gasteiger partial charge in [-0.05, 0) is 69.5 Å². The van der Waals surface area contributed by atoms with Crippen molar-refractivity contribution in [3.8, 4) is 0 Å². The van der Waals surface area contributed by atoms with Crippen LogP contribution in [0.3, 0.4) is 0 Å². The third-order valence-electron chi connectivity index (χ3n) is 10.9. The highest BCUT2D eigenvalue weighted by atomic mass is 35.5. The maximum atomic E-state index is 14.1. The number of nitrogens with zero attached hydrogens (tertiary/aromatic N) is 2. The van der Waals surface area contributed by atoms with E-state index in [2.05, 4.69) is 0 Å². The number of epoxide rings is 1. The number of amides is 2. The van der Waals surface area contributed by atoms with Crippen molar-refractivity contribution >= 4 is 58.3 Å². The Labute approximate surface area is 326 Å². The lowest BCUT2D eigenvalue weighted by molar-refractivity contribution is -0.187. The minimum absolute atomic E-state index is 0.0504. The Morgan fingerprint density at radius 3 is 2.54 bits per heavy atom. The number of fused-ring (bicyclic) bond motifs is 5. The standard InChI is InChI=1S/C40H49Cl2N3O9/c1-21-10-9-11-31(51-8)40(50)19-30(52-34(47)20-40)23(3)36-39(5,54-36)32(18-33(46)45(7)29-16-25(14-21)15-22(2)35(29)42)53-38(49)24(4)44(6)37(48)27-13-12-26(43)17-28(27)41/h9-13,15-17,23-24,30-32,36,50H,14,18-20,43H2,1-8H3/b11-9+,21-10+/t23-,24+,30+,31-,32+,36+,39+,40-/m1/s1. The van der Waals surface area contributed by atoms with Gasteiger partial charge in [0.05, 0.1) is 40.2 Å². The van der Waals surface area contributed by atoms with Crippen LogP contribution < -0.4 is 10.6 Å². The van der Waals surface area contributed by atoms with Crippen molar-refractivity contribution < 1.29 is 43.2 Å². The van der Waals surface area contributed by atoms with Crippen molar-refractivity contribution in [3.05, 3.63) is 80.9 Å². The minimum Gasteiger partial charge on any atom is -0.462 e. The summed E-state index contributed by atoms with van der Waals surface area (Å²) in [5.41, 5.74) is 6.67. The van der Waals surface area contributed by atoms with Crippen molar-refractivity contribution in [1.82, 2.24) is 4.90 Å². The van der Waals surface area contributed by atoms with Crippen LogP contribution in [-0.2, 0) is 39.8 Å². The number of nitrogen functional groups attached to an aromatic ring is 1. The lowest BCUT2D eigenvalue weighted by Gasteiger charge is -2.41. The van der Waals surface area contributed by atoms with E-state index in [0.717, 1.165) is 16.7 Å². The molecule has 5 rings (SSSR count). The Balaban J connectivity index is 1.51.